The van der Waals surface area contributed by atoms with E-state index in [4.69, 9.17) is 0 Å². The smallest absolute Gasteiger partial charge is 0.234 e. The SMILES string of the molecule is CN1C(C)(C)CC(NCC(=O)NC2CC(C)(C)N(C)C(C)(C)C2)CC1(C)C. The Kier molecular flexibility index (Phi) is 6.13. The molecule has 0 unspecified atom stereocenters. The predicted molar refractivity (Wildman–Crippen MR) is 114 cm³/mol. The second-order valence-corrected chi connectivity index (χ2v) is 11.5. The van der Waals surface area contributed by atoms with Gasteiger partial charge < -0.3 is 10.6 Å². The summed E-state index contributed by atoms with van der Waals surface area (Å²) in [5.74, 6) is 0.130. The molecule has 27 heavy (non-hydrogen) atoms. The van der Waals surface area contributed by atoms with Crippen LogP contribution >= 0.6 is 0 Å². The molecule has 2 fully saturated rings. The van der Waals surface area contributed by atoms with Gasteiger partial charge >= 0.3 is 0 Å². The molecule has 0 saturated carbocycles. The van der Waals surface area contributed by atoms with E-state index in [-0.39, 0.29) is 34.1 Å². The minimum atomic E-state index is 0.0924. The Morgan fingerprint density at radius 2 is 1.07 bits per heavy atom. The number of hydrogen-bond acceptors (Lipinski definition) is 4. The van der Waals surface area contributed by atoms with Crippen LogP contribution in [0.1, 0.15) is 81.1 Å². The summed E-state index contributed by atoms with van der Waals surface area (Å²) >= 11 is 0. The zero-order valence-corrected chi connectivity index (χ0v) is 19.5. The summed E-state index contributed by atoms with van der Waals surface area (Å²) in [5, 5.41) is 6.85. The van der Waals surface area contributed by atoms with Crippen LogP contribution in [0.15, 0.2) is 0 Å². The van der Waals surface area contributed by atoms with Crippen LogP contribution in [0.25, 0.3) is 0 Å². The first-order chi connectivity index (χ1) is 12.1. The summed E-state index contributed by atoms with van der Waals surface area (Å²) in [6.07, 6.45) is 4.11. The van der Waals surface area contributed by atoms with Gasteiger partial charge in [-0.15, -0.1) is 0 Å². The number of nitrogens with zero attached hydrogens (tertiary/aromatic N) is 2. The van der Waals surface area contributed by atoms with Gasteiger partial charge in [-0.1, -0.05) is 0 Å². The van der Waals surface area contributed by atoms with Gasteiger partial charge in [0.2, 0.25) is 5.91 Å². The molecule has 0 spiro atoms. The first-order valence-electron chi connectivity index (χ1n) is 10.6. The van der Waals surface area contributed by atoms with Crippen LogP contribution in [0, 0.1) is 0 Å². The monoisotopic (exact) mass is 380 g/mol. The van der Waals surface area contributed by atoms with Crippen LogP contribution < -0.4 is 10.6 Å². The van der Waals surface area contributed by atoms with E-state index in [9.17, 15) is 4.79 Å². The van der Waals surface area contributed by atoms with Gasteiger partial charge in [-0.25, -0.2) is 0 Å². The van der Waals surface area contributed by atoms with E-state index in [1.165, 1.54) is 0 Å². The number of piperidine rings is 2. The molecule has 2 heterocycles. The third kappa shape index (κ3) is 5.04. The van der Waals surface area contributed by atoms with E-state index >= 15 is 0 Å². The molecule has 0 aromatic rings. The van der Waals surface area contributed by atoms with E-state index in [1.807, 2.05) is 0 Å². The van der Waals surface area contributed by atoms with Gasteiger partial charge in [0, 0.05) is 34.2 Å². The highest BCUT2D eigenvalue weighted by Crippen LogP contribution is 2.37. The van der Waals surface area contributed by atoms with E-state index in [0.29, 0.717) is 12.6 Å². The number of carbonyl (C=O) groups excluding carboxylic acids is 1. The minimum Gasteiger partial charge on any atom is -0.352 e. The molecule has 2 rings (SSSR count). The standard InChI is InChI=1S/C22H44N4O/c1-19(2)11-16(12-20(3,4)25(19)9)23-15-18(27)24-17-13-21(5,6)26(10)22(7,8)14-17/h16-17,23H,11-15H2,1-10H3,(H,24,27). The van der Waals surface area contributed by atoms with Crippen molar-refractivity contribution in [2.75, 3.05) is 20.6 Å². The summed E-state index contributed by atoms with van der Waals surface area (Å²) in [4.78, 5) is 17.6. The Labute approximate surface area is 167 Å². The second-order valence-electron chi connectivity index (χ2n) is 11.5. The highest BCUT2D eigenvalue weighted by molar-refractivity contribution is 5.78. The van der Waals surface area contributed by atoms with Crippen molar-refractivity contribution in [2.45, 2.75) is 115 Å². The van der Waals surface area contributed by atoms with Crippen molar-refractivity contribution in [3.8, 4) is 0 Å². The fraction of sp³-hybridized carbons (Fsp3) is 0.955. The van der Waals surface area contributed by atoms with Crippen LogP contribution in [0.5, 0.6) is 0 Å². The number of carbonyl (C=O) groups is 1. The minimum absolute atomic E-state index is 0.0924. The van der Waals surface area contributed by atoms with Crippen molar-refractivity contribution in [1.29, 1.82) is 0 Å². The van der Waals surface area contributed by atoms with Gasteiger partial charge in [0.15, 0.2) is 0 Å². The van der Waals surface area contributed by atoms with Crippen LogP contribution in [0.2, 0.25) is 0 Å². The Balaban J connectivity index is 1.90. The molecule has 5 heteroatoms. The maximum Gasteiger partial charge on any atom is 0.234 e. The van der Waals surface area contributed by atoms with Gasteiger partial charge in [0.1, 0.15) is 0 Å². The summed E-state index contributed by atoms with van der Waals surface area (Å²) in [6, 6.07) is 0.619. The van der Waals surface area contributed by atoms with E-state index < -0.39 is 0 Å². The third-order valence-corrected chi connectivity index (χ3v) is 7.53. The van der Waals surface area contributed by atoms with Gasteiger partial charge in [-0.05, 0) is 95.2 Å². The molecule has 2 saturated heterocycles. The van der Waals surface area contributed by atoms with Crippen LogP contribution in [0.4, 0.5) is 0 Å². The largest absolute Gasteiger partial charge is 0.352 e. The number of nitrogens with one attached hydrogen (secondary N) is 2. The van der Waals surface area contributed by atoms with E-state index in [1.54, 1.807) is 0 Å². The molecule has 0 aromatic heterocycles. The van der Waals surface area contributed by atoms with Gasteiger partial charge in [-0.3, -0.25) is 14.6 Å². The van der Waals surface area contributed by atoms with Crippen molar-refractivity contribution in [3.05, 3.63) is 0 Å². The second kappa shape index (κ2) is 7.31. The van der Waals surface area contributed by atoms with Gasteiger partial charge in [0.05, 0.1) is 6.54 Å². The number of amides is 1. The molecule has 0 bridgehead atoms. The van der Waals surface area contributed by atoms with Crippen molar-refractivity contribution >= 4 is 5.91 Å². The Hall–Kier alpha value is -0.650. The van der Waals surface area contributed by atoms with E-state index in [0.717, 1.165) is 25.7 Å². The lowest BCUT2D eigenvalue weighted by Gasteiger charge is -2.54. The highest BCUT2D eigenvalue weighted by Gasteiger charge is 2.44. The lowest BCUT2D eigenvalue weighted by atomic mass is 9.77. The molecular weight excluding hydrogens is 336 g/mol. The summed E-state index contributed by atoms with van der Waals surface area (Å²) < 4.78 is 0. The molecule has 2 aliphatic heterocycles. The maximum atomic E-state index is 12.6. The molecule has 2 aliphatic rings. The quantitative estimate of drug-likeness (QED) is 0.787. The molecular formula is C22H44N4O. The molecule has 2 N–H and O–H groups in total. The van der Waals surface area contributed by atoms with Crippen LogP contribution in [-0.2, 0) is 4.79 Å². The molecule has 5 nitrogen and oxygen atoms in total. The highest BCUT2D eigenvalue weighted by atomic mass is 16.2. The van der Waals surface area contributed by atoms with Crippen molar-refractivity contribution in [1.82, 2.24) is 20.4 Å². The summed E-state index contributed by atoms with van der Waals surface area (Å²) in [6.45, 7) is 18.7. The fourth-order valence-corrected chi connectivity index (χ4v) is 5.50. The predicted octanol–water partition coefficient (Wildman–Crippen LogP) is 3.00. The zero-order chi connectivity index (χ0) is 20.8. The Morgan fingerprint density at radius 1 is 0.741 bits per heavy atom. The molecule has 0 radical (unpaired) electrons. The first kappa shape index (κ1) is 22.6. The number of rotatable bonds is 4. The Morgan fingerprint density at radius 3 is 1.44 bits per heavy atom. The Bertz CT molecular complexity index is 517. The first-order valence-corrected chi connectivity index (χ1v) is 10.6. The van der Waals surface area contributed by atoms with Crippen LogP contribution in [-0.4, -0.2) is 70.6 Å². The van der Waals surface area contributed by atoms with Crippen molar-refractivity contribution in [3.63, 3.8) is 0 Å². The van der Waals surface area contributed by atoms with Crippen LogP contribution in [0.3, 0.4) is 0 Å². The molecule has 0 aliphatic carbocycles. The van der Waals surface area contributed by atoms with Gasteiger partial charge in [-0.2, -0.15) is 0 Å². The summed E-state index contributed by atoms with van der Waals surface area (Å²) in [5.41, 5.74) is 0.458. The maximum absolute atomic E-state index is 12.6. The normalized spacial score (nSPS) is 28.8. The number of likely N-dealkylation sites (tertiary alicyclic amines) is 2. The molecule has 158 valence electrons. The average molecular weight is 381 g/mol. The third-order valence-electron chi connectivity index (χ3n) is 7.53. The average Bonchev–Trinajstić information content (AvgIpc) is 2.47. The van der Waals surface area contributed by atoms with Gasteiger partial charge in [0.25, 0.3) is 0 Å². The fourth-order valence-electron chi connectivity index (χ4n) is 5.50. The van der Waals surface area contributed by atoms with Crippen molar-refractivity contribution < 1.29 is 4.79 Å². The lowest BCUT2D eigenvalue weighted by molar-refractivity contribution is -0.123. The molecule has 0 atom stereocenters. The topological polar surface area (TPSA) is 47.6 Å². The zero-order valence-electron chi connectivity index (χ0n) is 19.5. The molecule has 1 amide bonds. The number of hydrogen-bond donors (Lipinski definition) is 2. The van der Waals surface area contributed by atoms with E-state index in [2.05, 4.69) is 89.9 Å². The molecule has 0 aromatic carbocycles. The van der Waals surface area contributed by atoms with Crippen molar-refractivity contribution in [2.24, 2.45) is 0 Å². The lowest BCUT2D eigenvalue weighted by Crippen LogP contribution is -2.64. The summed E-state index contributed by atoms with van der Waals surface area (Å²) in [7, 11) is 4.41.